The molecule has 2 N–H and O–H groups in total. The highest BCUT2D eigenvalue weighted by Gasteiger charge is 2.31. The van der Waals surface area contributed by atoms with E-state index in [2.05, 4.69) is 6.07 Å². The highest BCUT2D eigenvalue weighted by Crippen LogP contribution is 2.28. The van der Waals surface area contributed by atoms with Crippen LogP contribution in [-0.4, -0.2) is 18.5 Å². The molecular formula is C15H19N3O. The van der Waals surface area contributed by atoms with Crippen LogP contribution in [0.1, 0.15) is 25.7 Å². The number of nitriles is 1. The van der Waals surface area contributed by atoms with E-state index in [4.69, 9.17) is 11.0 Å². The van der Waals surface area contributed by atoms with Crippen molar-refractivity contribution in [2.75, 3.05) is 11.4 Å². The van der Waals surface area contributed by atoms with E-state index in [-0.39, 0.29) is 17.9 Å². The maximum Gasteiger partial charge on any atom is 0.230 e. The van der Waals surface area contributed by atoms with Crippen LogP contribution in [0, 0.1) is 17.2 Å². The predicted molar refractivity (Wildman–Crippen MR) is 74.3 cm³/mol. The van der Waals surface area contributed by atoms with Crippen molar-refractivity contribution in [2.24, 2.45) is 11.7 Å². The Morgan fingerprint density at radius 3 is 2.68 bits per heavy atom. The number of hydrogen-bond acceptors (Lipinski definition) is 3. The van der Waals surface area contributed by atoms with E-state index in [0.29, 0.717) is 13.0 Å². The Morgan fingerprint density at radius 1 is 1.37 bits per heavy atom. The first-order valence-corrected chi connectivity index (χ1v) is 6.71. The Hall–Kier alpha value is -1.86. The molecule has 1 amide bonds. The number of para-hydroxylation sites is 1. The molecule has 1 fully saturated rings. The Labute approximate surface area is 113 Å². The summed E-state index contributed by atoms with van der Waals surface area (Å²) >= 11 is 0. The van der Waals surface area contributed by atoms with Crippen LogP contribution in [0.15, 0.2) is 30.3 Å². The second-order valence-corrected chi connectivity index (χ2v) is 5.00. The molecule has 19 heavy (non-hydrogen) atoms. The van der Waals surface area contributed by atoms with Crippen molar-refractivity contribution < 1.29 is 4.79 Å². The zero-order chi connectivity index (χ0) is 13.7. The minimum absolute atomic E-state index is 0.00824. The smallest absolute Gasteiger partial charge is 0.230 e. The lowest BCUT2D eigenvalue weighted by Gasteiger charge is -2.25. The third-order valence-corrected chi connectivity index (χ3v) is 3.60. The Kier molecular flexibility index (Phi) is 4.53. The SMILES string of the molecule is N#CCCN(C(=O)C1CCC(N)C1)c1ccccc1. The van der Waals surface area contributed by atoms with Gasteiger partial charge in [-0.3, -0.25) is 4.79 Å². The van der Waals surface area contributed by atoms with Crippen molar-refractivity contribution in [3.05, 3.63) is 30.3 Å². The van der Waals surface area contributed by atoms with E-state index in [9.17, 15) is 4.79 Å². The van der Waals surface area contributed by atoms with Crippen molar-refractivity contribution in [3.63, 3.8) is 0 Å². The molecule has 0 aliphatic heterocycles. The molecule has 1 saturated carbocycles. The highest BCUT2D eigenvalue weighted by molar-refractivity contribution is 5.95. The number of carbonyl (C=O) groups excluding carboxylic acids is 1. The third-order valence-electron chi connectivity index (χ3n) is 3.60. The van der Waals surface area contributed by atoms with Gasteiger partial charge >= 0.3 is 0 Å². The van der Waals surface area contributed by atoms with E-state index in [1.54, 1.807) is 4.90 Å². The fourth-order valence-electron chi connectivity index (χ4n) is 2.60. The molecule has 0 radical (unpaired) electrons. The van der Waals surface area contributed by atoms with Gasteiger partial charge < -0.3 is 10.6 Å². The maximum atomic E-state index is 12.6. The lowest BCUT2D eigenvalue weighted by Crippen LogP contribution is -2.36. The first-order valence-electron chi connectivity index (χ1n) is 6.71. The van der Waals surface area contributed by atoms with Crippen molar-refractivity contribution in [1.82, 2.24) is 0 Å². The van der Waals surface area contributed by atoms with E-state index < -0.39 is 0 Å². The van der Waals surface area contributed by atoms with Gasteiger partial charge in [0.2, 0.25) is 5.91 Å². The molecule has 4 heteroatoms. The number of benzene rings is 1. The van der Waals surface area contributed by atoms with Gasteiger partial charge in [-0.15, -0.1) is 0 Å². The van der Waals surface area contributed by atoms with Gasteiger partial charge in [0.25, 0.3) is 0 Å². The molecule has 0 spiro atoms. The largest absolute Gasteiger partial charge is 0.328 e. The van der Waals surface area contributed by atoms with Crippen LogP contribution in [0.2, 0.25) is 0 Å². The van der Waals surface area contributed by atoms with Gasteiger partial charge in [-0.25, -0.2) is 0 Å². The number of hydrogen-bond donors (Lipinski definition) is 1. The summed E-state index contributed by atoms with van der Waals surface area (Å²) in [6.45, 7) is 0.449. The average molecular weight is 257 g/mol. The molecule has 1 aliphatic rings. The average Bonchev–Trinajstić information content (AvgIpc) is 2.87. The fraction of sp³-hybridized carbons (Fsp3) is 0.467. The van der Waals surface area contributed by atoms with Gasteiger partial charge in [0.1, 0.15) is 0 Å². The van der Waals surface area contributed by atoms with Crippen LogP contribution in [0.25, 0.3) is 0 Å². The number of nitrogens with two attached hydrogens (primary N) is 1. The molecular weight excluding hydrogens is 238 g/mol. The van der Waals surface area contributed by atoms with E-state index in [1.165, 1.54) is 0 Å². The van der Waals surface area contributed by atoms with Gasteiger partial charge in [-0.2, -0.15) is 5.26 Å². The van der Waals surface area contributed by atoms with Crippen molar-refractivity contribution >= 4 is 11.6 Å². The van der Waals surface area contributed by atoms with Gasteiger partial charge in [0.05, 0.1) is 12.5 Å². The van der Waals surface area contributed by atoms with Crippen molar-refractivity contribution in [1.29, 1.82) is 5.26 Å². The quantitative estimate of drug-likeness (QED) is 0.897. The highest BCUT2D eigenvalue weighted by atomic mass is 16.2. The monoisotopic (exact) mass is 257 g/mol. The zero-order valence-corrected chi connectivity index (χ0v) is 11.0. The molecule has 0 heterocycles. The summed E-state index contributed by atoms with van der Waals surface area (Å²) < 4.78 is 0. The predicted octanol–water partition coefficient (Wildman–Crippen LogP) is 2.06. The lowest BCUT2D eigenvalue weighted by molar-refractivity contribution is -0.122. The number of amides is 1. The molecule has 2 unspecified atom stereocenters. The normalized spacial score (nSPS) is 21.9. The van der Waals surface area contributed by atoms with E-state index in [1.807, 2.05) is 30.3 Å². The molecule has 0 bridgehead atoms. The summed E-state index contributed by atoms with van der Waals surface area (Å²) in [6.07, 6.45) is 2.88. The van der Waals surface area contributed by atoms with Crippen molar-refractivity contribution in [2.45, 2.75) is 31.7 Å². The summed E-state index contributed by atoms with van der Waals surface area (Å²) in [5, 5.41) is 8.74. The van der Waals surface area contributed by atoms with Crippen molar-refractivity contribution in [3.8, 4) is 6.07 Å². The van der Waals surface area contributed by atoms with Crippen LogP contribution in [0.4, 0.5) is 5.69 Å². The molecule has 1 aliphatic carbocycles. The fourth-order valence-corrected chi connectivity index (χ4v) is 2.60. The van der Waals surface area contributed by atoms with Gasteiger partial charge in [0, 0.05) is 24.2 Å². The zero-order valence-electron chi connectivity index (χ0n) is 11.0. The standard InChI is InChI=1S/C15H19N3O/c16-9-4-10-18(14-5-2-1-3-6-14)15(19)12-7-8-13(17)11-12/h1-3,5-6,12-13H,4,7-8,10-11,17H2. The molecule has 1 aromatic carbocycles. The van der Waals surface area contributed by atoms with Crippen LogP contribution < -0.4 is 10.6 Å². The van der Waals surface area contributed by atoms with Crippen LogP contribution in [0.3, 0.4) is 0 Å². The number of rotatable bonds is 4. The molecule has 2 rings (SSSR count). The summed E-state index contributed by atoms with van der Waals surface area (Å²) in [7, 11) is 0. The first kappa shape index (κ1) is 13.6. The molecule has 2 atom stereocenters. The summed E-state index contributed by atoms with van der Waals surface area (Å²) in [5.41, 5.74) is 6.74. The van der Waals surface area contributed by atoms with Crippen LogP contribution >= 0.6 is 0 Å². The minimum atomic E-state index is 0.00824. The van der Waals surface area contributed by atoms with E-state index >= 15 is 0 Å². The number of anilines is 1. The lowest BCUT2D eigenvalue weighted by atomic mass is 10.1. The third kappa shape index (κ3) is 3.33. The molecule has 0 aromatic heterocycles. The topological polar surface area (TPSA) is 70.1 Å². The second kappa shape index (κ2) is 6.35. The molecule has 4 nitrogen and oxygen atoms in total. The molecule has 0 saturated heterocycles. The summed E-state index contributed by atoms with van der Waals surface area (Å²) in [4.78, 5) is 14.3. The Balaban J connectivity index is 2.13. The molecule has 1 aromatic rings. The summed E-state index contributed by atoms with van der Waals surface area (Å²) in [5.74, 6) is 0.114. The van der Waals surface area contributed by atoms with Gasteiger partial charge in [-0.05, 0) is 31.4 Å². The van der Waals surface area contributed by atoms with Crippen LogP contribution in [0.5, 0.6) is 0 Å². The summed E-state index contributed by atoms with van der Waals surface area (Å²) in [6, 6.07) is 11.8. The first-order chi connectivity index (χ1) is 9.22. The Morgan fingerprint density at radius 2 is 2.11 bits per heavy atom. The van der Waals surface area contributed by atoms with E-state index in [0.717, 1.165) is 24.9 Å². The molecule has 100 valence electrons. The number of nitrogens with zero attached hydrogens (tertiary/aromatic N) is 2. The number of carbonyl (C=O) groups is 1. The van der Waals surface area contributed by atoms with Gasteiger partial charge in [-0.1, -0.05) is 18.2 Å². The Bertz CT molecular complexity index is 466. The van der Waals surface area contributed by atoms with Crippen LogP contribution in [-0.2, 0) is 4.79 Å². The van der Waals surface area contributed by atoms with Gasteiger partial charge in [0.15, 0.2) is 0 Å². The maximum absolute atomic E-state index is 12.6. The second-order valence-electron chi connectivity index (χ2n) is 5.00. The minimum Gasteiger partial charge on any atom is -0.328 e.